The highest BCUT2D eigenvalue weighted by Crippen LogP contribution is 2.67. The Balaban J connectivity index is 1.25. The number of amides is 1. The van der Waals surface area contributed by atoms with Gasteiger partial charge in [0, 0.05) is 5.56 Å². The highest BCUT2D eigenvalue weighted by molar-refractivity contribution is 5.89. The summed E-state index contributed by atoms with van der Waals surface area (Å²) in [5, 5.41) is 34.2. The molecule has 1 spiro atoms. The molecule has 234 valence electrons. The van der Waals surface area contributed by atoms with Crippen molar-refractivity contribution >= 4 is 23.8 Å². The second-order valence-corrected chi connectivity index (χ2v) is 12.4. The molecule has 1 aliphatic heterocycles. The first-order valence-corrected chi connectivity index (χ1v) is 14.7. The Hall–Kier alpha value is -3.64. The smallest absolute Gasteiger partial charge is 0.336 e. The molecule has 4 aliphatic rings. The number of hydrogen-bond acceptors (Lipinski definition) is 10. The fourth-order valence-electron chi connectivity index (χ4n) is 7.38. The van der Waals surface area contributed by atoms with E-state index < -0.39 is 65.6 Å². The number of ether oxygens (including phenoxy) is 4. The van der Waals surface area contributed by atoms with Crippen LogP contribution in [0.15, 0.2) is 24.0 Å². The second-order valence-electron chi connectivity index (χ2n) is 12.4. The number of esters is 2. The van der Waals surface area contributed by atoms with E-state index in [1.807, 2.05) is 12.1 Å². The first kappa shape index (κ1) is 30.8. The Morgan fingerprint density at radius 3 is 2.60 bits per heavy atom. The number of rotatable bonds is 11. The van der Waals surface area contributed by atoms with Gasteiger partial charge in [-0.1, -0.05) is 26.3 Å². The Morgan fingerprint density at radius 1 is 1.19 bits per heavy atom. The molecule has 0 aromatic heterocycles. The number of aliphatic hydroxyl groups excluding tert-OH is 1. The van der Waals surface area contributed by atoms with Crippen molar-refractivity contribution in [3.8, 4) is 11.5 Å². The summed E-state index contributed by atoms with van der Waals surface area (Å²) < 4.78 is 22.7. The van der Waals surface area contributed by atoms with Gasteiger partial charge < -0.3 is 39.6 Å². The second kappa shape index (κ2) is 11.5. The summed E-state index contributed by atoms with van der Waals surface area (Å²) in [4.78, 5) is 49.3. The van der Waals surface area contributed by atoms with E-state index in [2.05, 4.69) is 5.32 Å². The van der Waals surface area contributed by atoms with Gasteiger partial charge in [-0.05, 0) is 68.6 Å². The number of aliphatic carboxylic acids is 1. The van der Waals surface area contributed by atoms with Crippen LogP contribution in [0.3, 0.4) is 0 Å². The monoisotopic (exact) mass is 601 g/mol. The average molecular weight is 602 g/mol. The van der Waals surface area contributed by atoms with E-state index in [-0.39, 0.29) is 30.4 Å². The standard InChI is InChI=1S/C31H39NO11/c1-15(2)12-19(28(36)37)32-27(35)16(3)41-29(38)20(33)14-23(34)42-22-9-11-31(39)18-6-5-10-30(31)24-17(13-18)7-8-21(40-4)25(24)43-26(22)30/h7-9,15-16,18-20,26,33,39H,5-6,10-14H2,1-4H3,(H,32,35)(H,36,37)/t16-,18-,19-,20-,26+,30+,31-/m0/s1. The van der Waals surface area contributed by atoms with Crippen LogP contribution in [0.1, 0.15) is 70.4 Å². The van der Waals surface area contributed by atoms with E-state index in [4.69, 9.17) is 18.9 Å². The van der Waals surface area contributed by atoms with E-state index in [0.717, 1.165) is 24.0 Å². The molecule has 1 aromatic carbocycles. The number of methoxy groups -OCH3 is 1. The van der Waals surface area contributed by atoms with Crippen molar-refractivity contribution in [1.29, 1.82) is 0 Å². The van der Waals surface area contributed by atoms with Crippen molar-refractivity contribution in [3.63, 3.8) is 0 Å². The van der Waals surface area contributed by atoms with Crippen LogP contribution >= 0.6 is 0 Å². The van der Waals surface area contributed by atoms with Crippen molar-refractivity contribution in [2.75, 3.05) is 7.11 Å². The number of nitrogens with one attached hydrogen (secondary N) is 1. The fraction of sp³-hybridized carbons (Fsp3) is 0.613. The molecule has 0 saturated heterocycles. The lowest BCUT2D eigenvalue weighted by molar-refractivity contribution is -0.168. The van der Waals surface area contributed by atoms with E-state index >= 15 is 0 Å². The molecule has 1 aromatic rings. The van der Waals surface area contributed by atoms with Crippen molar-refractivity contribution in [3.05, 3.63) is 35.1 Å². The van der Waals surface area contributed by atoms with Crippen molar-refractivity contribution < 1.29 is 53.4 Å². The maximum absolute atomic E-state index is 12.9. The number of carboxylic acids is 1. The van der Waals surface area contributed by atoms with Crippen LogP contribution in [0.2, 0.25) is 0 Å². The van der Waals surface area contributed by atoms with Crippen LogP contribution in [0.25, 0.3) is 0 Å². The van der Waals surface area contributed by atoms with E-state index in [1.165, 1.54) is 14.0 Å². The molecule has 1 saturated carbocycles. The summed E-state index contributed by atoms with van der Waals surface area (Å²) in [6, 6.07) is 2.67. The van der Waals surface area contributed by atoms with E-state index in [0.29, 0.717) is 24.3 Å². The molecule has 0 unspecified atom stereocenters. The number of carbonyl (C=O) groups is 4. The Bertz CT molecular complexity index is 1360. The molecule has 4 N–H and O–H groups in total. The molecule has 1 heterocycles. The SMILES string of the molecule is COc1ccc2c3c1O[C@@H]1C(OC(=O)C[C@H](O)C(=O)O[C@@H](C)C(=O)N[C@@H](CC(C)C)C(=O)O)=CC[C@]4(O)[C@@H](CCC[C@@]314)C2. The van der Waals surface area contributed by atoms with Crippen LogP contribution in [0, 0.1) is 11.8 Å². The van der Waals surface area contributed by atoms with Gasteiger partial charge in [-0.2, -0.15) is 0 Å². The van der Waals surface area contributed by atoms with Crippen LogP contribution < -0.4 is 14.8 Å². The largest absolute Gasteiger partial charge is 0.493 e. The third-order valence-corrected chi connectivity index (χ3v) is 9.32. The van der Waals surface area contributed by atoms with E-state index in [9.17, 15) is 34.5 Å². The fourth-order valence-corrected chi connectivity index (χ4v) is 7.38. The molecule has 43 heavy (non-hydrogen) atoms. The molecular formula is C31H39NO11. The minimum Gasteiger partial charge on any atom is -0.493 e. The topological polar surface area (TPSA) is 178 Å². The summed E-state index contributed by atoms with van der Waals surface area (Å²) in [5.74, 6) is -2.98. The maximum atomic E-state index is 12.9. The number of hydrogen-bond donors (Lipinski definition) is 4. The van der Waals surface area contributed by atoms with Crippen LogP contribution in [0.5, 0.6) is 11.5 Å². The minimum absolute atomic E-state index is 0.00898. The summed E-state index contributed by atoms with van der Waals surface area (Å²) in [5.41, 5.74) is 0.0500. The molecule has 5 rings (SSSR count). The van der Waals surface area contributed by atoms with Crippen molar-refractivity contribution in [1.82, 2.24) is 5.32 Å². The lowest BCUT2D eigenvalue weighted by Crippen LogP contribution is -2.67. The zero-order valence-electron chi connectivity index (χ0n) is 24.8. The first-order chi connectivity index (χ1) is 20.3. The Morgan fingerprint density at radius 2 is 1.93 bits per heavy atom. The molecule has 1 amide bonds. The van der Waals surface area contributed by atoms with Gasteiger partial charge in [0.1, 0.15) is 11.8 Å². The first-order valence-electron chi connectivity index (χ1n) is 14.7. The maximum Gasteiger partial charge on any atom is 0.336 e. The third-order valence-electron chi connectivity index (χ3n) is 9.32. The lowest BCUT2D eigenvalue weighted by Gasteiger charge is -2.59. The van der Waals surface area contributed by atoms with Gasteiger partial charge in [-0.3, -0.25) is 9.59 Å². The van der Waals surface area contributed by atoms with Crippen LogP contribution in [-0.2, 0) is 40.5 Å². The summed E-state index contributed by atoms with van der Waals surface area (Å²) in [6.07, 6.45) is 0.240. The van der Waals surface area contributed by atoms with Gasteiger partial charge in [-0.15, -0.1) is 0 Å². The summed E-state index contributed by atoms with van der Waals surface area (Å²) >= 11 is 0. The molecule has 0 radical (unpaired) electrons. The van der Waals surface area contributed by atoms with Gasteiger partial charge in [0.2, 0.25) is 0 Å². The molecule has 12 heteroatoms. The van der Waals surface area contributed by atoms with Crippen molar-refractivity contribution in [2.45, 2.75) is 101 Å². The van der Waals surface area contributed by atoms with Crippen LogP contribution in [-0.4, -0.2) is 76.2 Å². The Labute approximate surface area is 249 Å². The highest BCUT2D eigenvalue weighted by Gasteiger charge is 2.71. The summed E-state index contributed by atoms with van der Waals surface area (Å²) in [7, 11) is 1.54. The van der Waals surface area contributed by atoms with Crippen LogP contribution in [0.4, 0.5) is 0 Å². The predicted molar refractivity (Wildman–Crippen MR) is 149 cm³/mol. The quantitative estimate of drug-likeness (QED) is 0.272. The molecule has 1 fully saturated rings. The van der Waals surface area contributed by atoms with Gasteiger partial charge >= 0.3 is 17.9 Å². The number of benzene rings is 1. The number of carboxylic acid groups (broad SMARTS) is 1. The lowest BCUT2D eigenvalue weighted by atomic mass is 9.47. The van der Waals surface area contributed by atoms with E-state index in [1.54, 1.807) is 19.9 Å². The van der Waals surface area contributed by atoms with Gasteiger partial charge in [0.15, 0.2) is 29.8 Å². The van der Waals surface area contributed by atoms with Crippen molar-refractivity contribution in [2.24, 2.45) is 11.8 Å². The molecule has 12 nitrogen and oxygen atoms in total. The zero-order chi connectivity index (χ0) is 31.3. The molecule has 2 bridgehead atoms. The number of aliphatic hydroxyl groups is 2. The minimum atomic E-state index is -1.94. The number of carbonyl (C=O) groups excluding carboxylic acids is 3. The van der Waals surface area contributed by atoms with Gasteiger partial charge in [0.25, 0.3) is 5.91 Å². The molecule has 3 aliphatic carbocycles. The summed E-state index contributed by atoms with van der Waals surface area (Å²) in [6.45, 7) is 4.84. The predicted octanol–water partition coefficient (Wildman–Crippen LogP) is 1.91. The third kappa shape index (κ3) is 5.14. The normalized spacial score (nSPS) is 28.4. The van der Waals surface area contributed by atoms with Gasteiger partial charge in [0.05, 0.1) is 24.5 Å². The Kier molecular flexibility index (Phi) is 8.21. The average Bonchev–Trinajstić information content (AvgIpc) is 3.28. The molecular weight excluding hydrogens is 562 g/mol. The zero-order valence-corrected chi connectivity index (χ0v) is 24.8. The molecule has 7 atom stereocenters. The van der Waals surface area contributed by atoms with Gasteiger partial charge in [-0.25, -0.2) is 9.59 Å². The highest BCUT2D eigenvalue weighted by atomic mass is 16.6.